The van der Waals surface area contributed by atoms with Crippen LogP contribution in [0.3, 0.4) is 0 Å². The highest BCUT2D eigenvalue weighted by molar-refractivity contribution is 7.13. The molecule has 0 fully saturated rings. The molecule has 0 saturated carbocycles. The number of unbranched alkanes of at least 4 members (excludes halogenated alkanes) is 1. The number of H-pyrrole nitrogens is 1. The largest absolute Gasteiger partial charge is 0.352 e. The monoisotopic (exact) mass is 299 g/mol. The first-order chi connectivity index (χ1) is 10.2. The molecule has 0 radical (unpaired) electrons. The summed E-state index contributed by atoms with van der Waals surface area (Å²) in [5, 5.41) is 4.45. The van der Waals surface area contributed by atoms with Crippen LogP contribution in [0.2, 0.25) is 0 Å². The molecule has 4 heteroatoms. The average molecular weight is 299 g/mol. The Balaban J connectivity index is 2.16. The summed E-state index contributed by atoms with van der Waals surface area (Å²) in [6, 6.07) is 4.52. The van der Waals surface area contributed by atoms with Crippen LogP contribution in [0.4, 0.5) is 0 Å². The number of fused-ring (bicyclic) bond motifs is 1. The predicted molar refractivity (Wildman–Crippen MR) is 90.9 cm³/mol. The predicted octanol–water partition coefficient (Wildman–Crippen LogP) is 4.19. The van der Waals surface area contributed by atoms with Crippen LogP contribution in [0, 0.1) is 13.8 Å². The second-order valence-electron chi connectivity index (χ2n) is 5.57. The molecule has 2 heterocycles. The van der Waals surface area contributed by atoms with E-state index in [0.717, 1.165) is 30.8 Å². The van der Waals surface area contributed by atoms with E-state index >= 15 is 0 Å². The van der Waals surface area contributed by atoms with Crippen molar-refractivity contribution in [2.75, 3.05) is 6.54 Å². The van der Waals surface area contributed by atoms with E-state index in [1.807, 2.05) is 11.6 Å². The van der Waals surface area contributed by atoms with Crippen LogP contribution in [-0.4, -0.2) is 16.5 Å². The van der Waals surface area contributed by atoms with E-state index < -0.39 is 0 Å². The molecule has 3 aromatic rings. The maximum absolute atomic E-state index is 5.64. The minimum Gasteiger partial charge on any atom is -0.352 e. The van der Waals surface area contributed by atoms with Crippen LogP contribution >= 0.6 is 11.3 Å². The van der Waals surface area contributed by atoms with E-state index in [0.29, 0.717) is 0 Å². The zero-order valence-electron chi connectivity index (χ0n) is 12.6. The number of rotatable bonds is 5. The number of nitrogens with one attached hydrogen (secondary N) is 1. The van der Waals surface area contributed by atoms with Gasteiger partial charge in [0, 0.05) is 22.5 Å². The Hall–Kier alpha value is -1.65. The molecular weight excluding hydrogens is 278 g/mol. The molecule has 0 unspecified atom stereocenters. The molecule has 0 aliphatic carbocycles. The minimum absolute atomic E-state index is 0.757. The van der Waals surface area contributed by atoms with Gasteiger partial charge in [0.2, 0.25) is 0 Å². The summed E-state index contributed by atoms with van der Waals surface area (Å²) in [6.07, 6.45) is 5.10. The van der Waals surface area contributed by atoms with E-state index in [4.69, 9.17) is 5.73 Å². The van der Waals surface area contributed by atoms with Crippen molar-refractivity contribution < 1.29 is 0 Å². The quantitative estimate of drug-likeness (QED) is 0.694. The summed E-state index contributed by atoms with van der Waals surface area (Å²) in [6.45, 7) is 5.08. The Bertz CT molecular complexity index is 741. The molecule has 0 atom stereocenters. The van der Waals surface area contributed by atoms with Gasteiger partial charge in [-0.25, -0.2) is 4.98 Å². The Morgan fingerprint density at radius 1 is 1.24 bits per heavy atom. The van der Waals surface area contributed by atoms with Crippen molar-refractivity contribution in [1.29, 1.82) is 0 Å². The SMILES string of the molecule is Cc1cc(C)c2[nH]c(-c3nccs3)c(CCCCN)c2c1. The molecular formula is C17H21N3S. The van der Waals surface area contributed by atoms with Crippen molar-refractivity contribution in [3.05, 3.63) is 40.4 Å². The molecule has 0 spiro atoms. The van der Waals surface area contributed by atoms with Gasteiger partial charge in [0.1, 0.15) is 5.01 Å². The molecule has 3 N–H and O–H groups in total. The van der Waals surface area contributed by atoms with Crippen LogP contribution in [0.5, 0.6) is 0 Å². The average Bonchev–Trinajstić information content (AvgIpc) is 3.07. The third-order valence-electron chi connectivity index (χ3n) is 3.88. The van der Waals surface area contributed by atoms with Gasteiger partial charge in [-0.1, -0.05) is 11.6 Å². The van der Waals surface area contributed by atoms with Gasteiger partial charge in [-0.05, 0) is 56.8 Å². The standard InChI is InChI=1S/C17H21N3S/c1-11-9-12(2)15-14(10-11)13(5-3-4-6-18)16(20-15)17-19-7-8-21-17/h7-10,20H,3-6,18H2,1-2H3. The van der Waals surface area contributed by atoms with Gasteiger partial charge in [0.25, 0.3) is 0 Å². The third kappa shape index (κ3) is 2.74. The first-order valence-corrected chi connectivity index (χ1v) is 8.30. The number of thiazole rings is 1. The van der Waals surface area contributed by atoms with Crippen molar-refractivity contribution >= 4 is 22.2 Å². The van der Waals surface area contributed by atoms with Crippen LogP contribution in [0.15, 0.2) is 23.7 Å². The van der Waals surface area contributed by atoms with Gasteiger partial charge >= 0.3 is 0 Å². The summed E-state index contributed by atoms with van der Waals surface area (Å²) in [5.41, 5.74) is 12.1. The first-order valence-electron chi connectivity index (χ1n) is 7.42. The van der Waals surface area contributed by atoms with Crippen LogP contribution < -0.4 is 5.73 Å². The van der Waals surface area contributed by atoms with E-state index in [-0.39, 0.29) is 0 Å². The Kier molecular flexibility index (Phi) is 4.08. The Morgan fingerprint density at radius 2 is 2.10 bits per heavy atom. The zero-order valence-corrected chi connectivity index (χ0v) is 13.4. The second kappa shape index (κ2) is 6.00. The van der Waals surface area contributed by atoms with Gasteiger partial charge in [-0.3, -0.25) is 0 Å². The molecule has 0 aliphatic heterocycles. The molecule has 0 saturated heterocycles. The maximum Gasteiger partial charge on any atom is 0.139 e. The fourth-order valence-electron chi connectivity index (χ4n) is 2.94. The van der Waals surface area contributed by atoms with Crippen molar-refractivity contribution in [2.24, 2.45) is 5.73 Å². The van der Waals surface area contributed by atoms with Gasteiger partial charge in [0.05, 0.1) is 5.69 Å². The number of nitrogens with two attached hydrogens (primary N) is 1. The number of nitrogens with zero attached hydrogens (tertiary/aromatic N) is 1. The molecule has 21 heavy (non-hydrogen) atoms. The minimum atomic E-state index is 0.757. The molecule has 0 aliphatic rings. The summed E-state index contributed by atoms with van der Waals surface area (Å²) < 4.78 is 0. The molecule has 3 rings (SSSR count). The molecule has 0 bridgehead atoms. The molecule has 3 nitrogen and oxygen atoms in total. The highest BCUT2D eigenvalue weighted by Gasteiger charge is 2.16. The summed E-state index contributed by atoms with van der Waals surface area (Å²) in [5.74, 6) is 0. The number of hydrogen-bond donors (Lipinski definition) is 2. The van der Waals surface area contributed by atoms with Crippen LogP contribution in [0.1, 0.15) is 29.5 Å². The molecule has 2 aromatic heterocycles. The van der Waals surface area contributed by atoms with E-state index in [2.05, 4.69) is 35.9 Å². The number of hydrogen-bond acceptors (Lipinski definition) is 3. The molecule has 110 valence electrons. The summed E-state index contributed by atoms with van der Waals surface area (Å²) in [4.78, 5) is 8.09. The Labute approximate surface area is 129 Å². The fraction of sp³-hybridized carbons (Fsp3) is 0.353. The van der Waals surface area contributed by atoms with Gasteiger partial charge in [-0.15, -0.1) is 11.3 Å². The van der Waals surface area contributed by atoms with Crippen molar-refractivity contribution in [3.63, 3.8) is 0 Å². The number of benzene rings is 1. The van der Waals surface area contributed by atoms with Crippen molar-refractivity contribution in [3.8, 4) is 10.7 Å². The van der Waals surface area contributed by atoms with Crippen LogP contribution in [0.25, 0.3) is 21.6 Å². The first kappa shape index (κ1) is 14.3. The van der Waals surface area contributed by atoms with E-state index in [1.54, 1.807) is 11.3 Å². The van der Waals surface area contributed by atoms with Crippen molar-refractivity contribution in [2.45, 2.75) is 33.1 Å². The molecule has 0 amide bonds. The number of aromatic amines is 1. The highest BCUT2D eigenvalue weighted by Crippen LogP contribution is 2.34. The lowest BCUT2D eigenvalue weighted by atomic mass is 10.0. The summed E-state index contributed by atoms with van der Waals surface area (Å²) >= 11 is 1.69. The van der Waals surface area contributed by atoms with Gasteiger partial charge in [-0.2, -0.15) is 0 Å². The zero-order chi connectivity index (χ0) is 14.8. The Morgan fingerprint density at radius 3 is 2.81 bits per heavy atom. The smallest absolute Gasteiger partial charge is 0.139 e. The topological polar surface area (TPSA) is 54.7 Å². The lowest BCUT2D eigenvalue weighted by molar-refractivity contribution is 0.748. The maximum atomic E-state index is 5.64. The molecule has 1 aromatic carbocycles. The van der Waals surface area contributed by atoms with Crippen LogP contribution in [-0.2, 0) is 6.42 Å². The second-order valence-corrected chi connectivity index (χ2v) is 6.46. The number of aryl methyl sites for hydroxylation is 3. The van der Waals surface area contributed by atoms with Crippen molar-refractivity contribution in [1.82, 2.24) is 9.97 Å². The normalized spacial score (nSPS) is 11.4. The van der Waals surface area contributed by atoms with E-state index in [1.165, 1.54) is 33.3 Å². The van der Waals surface area contributed by atoms with Gasteiger partial charge < -0.3 is 10.7 Å². The summed E-state index contributed by atoms with van der Waals surface area (Å²) in [7, 11) is 0. The number of aromatic nitrogens is 2. The highest BCUT2D eigenvalue weighted by atomic mass is 32.1. The van der Waals surface area contributed by atoms with Gasteiger partial charge in [0.15, 0.2) is 0 Å². The fourth-order valence-corrected chi connectivity index (χ4v) is 3.61. The lowest BCUT2D eigenvalue weighted by Crippen LogP contribution is -1.99. The lowest BCUT2D eigenvalue weighted by Gasteiger charge is -2.04. The van der Waals surface area contributed by atoms with E-state index in [9.17, 15) is 0 Å². The third-order valence-corrected chi connectivity index (χ3v) is 4.67.